The Morgan fingerprint density at radius 3 is 2.65 bits per heavy atom. The molecule has 104 valence electrons. The van der Waals surface area contributed by atoms with Crippen LogP contribution in [0.4, 0.5) is 5.69 Å². The number of nitrogens with two attached hydrogens (primary N) is 1. The normalized spacial score (nSPS) is 14.8. The molecule has 0 atom stereocenters. The lowest BCUT2D eigenvalue weighted by molar-refractivity contribution is 0.760. The van der Waals surface area contributed by atoms with Gasteiger partial charge in [0.25, 0.3) is 0 Å². The van der Waals surface area contributed by atoms with Crippen LogP contribution in [0, 0.1) is 0 Å². The van der Waals surface area contributed by atoms with Crippen molar-refractivity contribution in [1.29, 1.82) is 0 Å². The Balaban J connectivity index is 1.98. The maximum atomic E-state index is 5.94. The fourth-order valence-corrected chi connectivity index (χ4v) is 3.47. The van der Waals surface area contributed by atoms with Crippen LogP contribution in [0.1, 0.15) is 23.1 Å². The molecule has 2 aromatic rings. The fourth-order valence-electron chi connectivity index (χ4n) is 2.95. The minimum atomic E-state index is 0.564. The first kappa shape index (κ1) is 13.7. The van der Waals surface area contributed by atoms with Crippen molar-refractivity contribution in [3.63, 3.8) is 0 Å². The Labute approximate surface area is 128 Å². The van der Waals surface area contributed by atoms with E-state index in [4.69, 9.17) is 5.73 Å². The van der Waals surface area contributed by atoms with Crippen molar-refractivity contribution in [3.8, 4) is 0 Å². The van der Waals surface area contributed by atoms with E-state index in [2.05, 4.69) is 63.3 Å². The molecule has 0 saturated heterocycles. The van der Waals surface area contributed by atoms with Gasteiger partial charge in [0, 0.05) is 35.4 Å². The Kier molecular flexibility index (Phi) is 4.08. The van der Waals surface area contributed by atoms with Crippen LogP contribution in [0.5, 0.6) is 0 Å². The minimum Gasteiger partial charge on any atom is -0.367 e. The number of halogens is 1. The maximum Gasteiger partial charge on any atom is 0.0432 e. The summed E-state index contributed by atoms with van der Waals surface area (Å²) >= 11 is 3.62. The summed E-state index contributed by atoms with van der Waals surface area (Å²) in [6.45, 7) is 2.62. The number of hydrogen-bond acceptors (Lipinski definition) is 2. The van der Waals surface area contributed by atoms with Gasteiger partial charge < -0.3 is 10.6 Å². The lowest BCUT2D eigenvalue weighted by Crippen LogP contribution is -2.24. The van der Waals surface area contributed by atoms with E-state index >= 15 is 0 Å². The van der Waals surface area contributed by atoms with Crippen LogP contribution in [-0.2, 0) is 19.5 Å². The van der Waals surface area contributed by atoms with Gasteiger partial charge in [-0.3, -0.25) is 0 Å². The van der Waals surface area contributed by atoms with Gasteiger partial charge in [-0.25, -0.2) is 0 Å². The summed E-state index contributed by atoms with van der Waals surface area (Å²) < 4.78 is 1.11. The lowest BCUT2D eigenvalue weighted by atomic mass is 10.0. The number of hydrogen-bond donors (Lipinski definition) is 1. The van der Waals surface area contributed by atoms with E-state index in [9.17, 15) is 0 Å². The van der Waals surface area contributed by atoms with Crippen molar-refractivity contribution >= 4 is 21.6 Å². The molecule has 1 aliphatic heterocycles. The Bertz CT molecular complexity index is 610. The largest absolute Gasteiger partial charge is 0.367 e. The number of benzene rings is 2. The zero-order valence-corrected chi connectivity index (χ0v) is 13.1. The van der Waals surface area contributed by atoms with Crippen LogP contribution in [0.15, 0.2) is 46.9 Å². The molecule has 20 heavy (non-hydrogen) atoms. The van der Waals surface area contributed by atoms with Crippen molar-refractivity contribution in [1.82, 2.24) is 0 Å². The average Bonchev–Trinajstić information content (AvgIpc) is 2.69. The van der Waals surface area contributed by atoms with Gasteiger partial charge in [0.2, 0.25) is 0 Å². The third-order valence-corrected chi connectivity index (χ3v) is 4.74. The van der Waals surface area contributed by atoms with Crippen LogP contribution in [-0.4, -0.2) is 6.54 Å². The zero-order valence-electron chi connectivity index (χ0n) is 11.5. The number of rotatable bonds is 2. The molecule has 3 heteroatoms. The summed E-state index contributed by atoms with van der Waals surface area (Å²) in [6.07, 6.45) is 2.35. The predicted octanol–water partition coefficient (Wildman–Crippen LogP) is 3.86. The van der Waals surface area contributed by atoms with E-state index in [1.54, 1.807) is 0 Å². The molecule has 0 amide bonds. The van der Waals surface area contributed by atoms with Gasteiger partial charge >= 0.3 is 0 Å². The van der Waals surface area contributed by atoms with E-state index in [1.165, 1.54) is 35.2 Å². The van der Waals surface area contributed by atoms with E-state index < -0.39 is 0 Å². The highest BCUT2D eigenvalue weighted by atomic mass is 79.9. The zero-order chi connectivity index (χ0) is 13.9. The third kappa shape index (κ3) is 2.60. The van der Waals surface area contributed by atoms with Crippen LogP contribution >= 0.6 is 15.9 Å². The first-order valence-electron chi connectivity index (χ1n) is 7.09. The first-order chi connectivity index (χ1) is 9.79. The van der Waals surface area contributed by atoms with Crippen LogP contribution < -0.4 is 10.6 Å². The Morgan fingerprint density at radius 1 is 1.05 bits per heavy atom. The van der Waals surface area contributed by atoms with Crippen molar-refractivity contribution < 1.29 is 0 Å². The molecule has 0 aromatic heterocycles. The van der Waals surface area contributed by atoms with E-state index in [-0.39, 0.29) is 0 Å². The van der Waals surface area contributed by atoms with Crippen LogP contribution in [0.3, 0.4) is 0 Å². The molecule has 2 nitrogen and oxygen atoms in total. The highest BCUT2D eigenvalue weighted by molar-refractivity contribution is 9.10. The van der Waals surface area contributed by atoms with Crippen LogP contribution in [0.2, 0.25) is 0 Å². The molecule has 0 unspecified atom stereocenters. The van der Waals surface area contributed by atoms with E-state index in [1.807, 2.05) is 0 Å². The number of anilines is 1. The molecule has 0 aliphatic carbocycles. The summed E-state index contributed by atoms with van der Waals surface area (Å²) in [7, 11) is 0. The smallest absolute Gasteiger partial charge is 0.0432 e. The van der Waals surface area contributed by atoms with Crippen molar-refractivity contribution in [3.05, 3.63) is 63.6 Å². The van der Waals surface area contributed by atoms with Gasteiger partial charge in [-0.1, -0.05) is 46.3 Å². The lowest BCUT2D eigenvalue weighted by Gasteiger charge is -2.26. The van der Waals surface area contributed by atoms with E-state index in [0.717, 1.165) is 17.6 Å². The van der Waals surface area contributed by atoms with Crippen LogP contribution in [0.25, 0.3) is 0 Å². The summed E-state index contributed by atoms with van der Waals surface area (Å²) in [5, 5.41) is 0. The highest BCUT2D eigenvalue weighted by Crippen LogP contribution is 2.30. The molecule has 0 spiro atoms. The number of aryl methyl sites for hydroxylation is 1. The second-order valence-electron chi connectivity index (χ2n) is 5.24. The van der Waals surface area contributed by atoms with Gasteiger partial charge in [-0.05, 0) is 36.1 Å². The molecule has 0 radical (unpaired) electrons. The molecule has 1 aliphatic rings. The standard InChI is InChI=1S/C17H19BrN2/c18-16-8-3-9-17(15(16)11-19)20-10-4-7-13-5-1-2-6-14(13)12-20/h1-3,5-6,8-9H,4,7,10-12,19H2. The number of nitrogens with zero attached hydrogens (tertiary/aromatic N) is 1. The summed E-state index contributed by atoms with van der Waals surface area (Å²) in [4.78, 5) is 2.46. The van der Waals surface area contributed by atoms with Gasteiger partial charge in [0.15, 0.2) is 0 Å². The molecule has 1 heterocycles. The van der Waals surface area contributed by atoms with Gasteiger partial charge in [0.1, 0.15) is 0 Å². The first-order valence-corrected chi connectivity index (χ1v) is 7.88. The molecular weight excluding hydrogens is 312 g/mol. The second-order valence-corrected chi connectivity index (χ2v) is 6.09. The Morgan fingerprint density at radius 2 is 1.85 bits per heavy atom. The molecule has 0 bridgehead atoms. The second kappa shape index (κ2) is 5.98. The maximum absolute atomic E-state index is 5.94. The minimum absolute atomic E-state index is 0.564. The molecule has 2 aromatic carbocycles. The fraction of sp³-hybridized carbons (Fsp3) is 0.294. The third-order valence-electron chi connectivity index (χ3n) is 3.99. The molecule has 0 saturated carbocycles. The summed E-state index contributed by atoms with van der Waals surface area (Å²) in [5.41, 5.74) is 11.3. The van der Waals surface area contributed by atoms with Crippen molar-refractivity contribution in [2.24, 2.45) is 5.73 Å². The monoisotopic (exact) mass is 330 g/mol. The Hall–Kier alpha value is -1.32. The molecule has 2 N–H and O–H groups in total. The highest BCUT2D eigenvalue weighted by Gasteiger charge is 2.17. The summed E-state index contributed by atoms with van der Waals surface area (Å²) in [5.74, 6) is 0. The number of fused-ring (bicyclic) bond motifs is 1. The van der Waals surface area contributed by atoms with Gasteiger partial charge in [-0.15, -0.1) is 0 Å². The predicted molar refractivity (Wildman–Crippen MR) is 87.8 cm³/mol. The van der Waals surface area contributed by atoms with Crippen molar-refractivity contribution in [2.75, 3.05) is 11.4 Å². The molecular formula is C17H19BrN2. The SMILES string of the molecule is NCc1c(Br)cccc1N1CCCc2ccccc2C1. The van der Waals surface area contributed by atoms with Gasteiger partial charge in [0.05, 0.1) is 0 Å². The topological polar surface area (TPSA) is 29.3 Å². The summed E-state index contributed by atoms with van der Waals surface area (Å²) in [6, 6.07) is 15.1. The van der Waals surface area contributed by atoms with Gasteiger partial charge in [-0.2, -0.15) is 0 Å². The van der Waals surface area contributed by atoms with Crippen molar-refractivity contribution in [2.45, 2.75) is 25.9 Å². The molecule has 0 fully saturated rings. The average molecular weight is 331 g/mol. The quantitative estimate of drug-likeness (QED) is 0.905. The molecule has 3 rings (SSSR count). The van der Waals surface area contributed by atoms with E-state index in [0.29, 0.717) is 6.54 Å².